The molecule has 100 valence electrons. The molecule has 0 heterocycles. The second-order valence-corrected chi connectivity index (χ2v) is 3.47. The van der Waals surface area contributed by atoms with Gasteiger partial charge in [0, 0.05) is 5.56 Å². The fraction of sp³-hybridized carbons (Fsp3) is 0.286. The monoisotopic (exact) mass is 261 g/mol. The number of rotatable bonds is 5. The molecule has 5 nitrogen and oxygen atoms in total. The Morgan fingerprint density at radius 1 is 1.42 bits per heavy atom. The maximum atomic E-state index is 11.4. The van der Waals surface area contributed by atoms with E-state index in [0.29, 0.717) is 23.7 Å². The first-order chi connectivity index (χ1) is 9.17. The third-order valence-corrected chi connectivity index (χ3v) is 2.34. The Morgan fingerprint density at radius 3 is 2.68 bits per heavy atom. The number of nitriles is 1. The Bertz CT molecular complexity index is 529. The molecule has 0 atom stereocenters. The summed E-state index contributed by atoms with van der Waals surface area (Å²) in [7, 11) is 2.72. The number of para-hydroxylation sites is 1. The van der Waals surface area contributed by atoms with E-state index in [1.807, 2.05) is 6.92 Å². The Kier molecular flexibility index (Phi) is 5.42. The SMILES string of the molecule is CCOc1cccc(/C=C(\C#N)C(=O)OC)c1OC. The summed E-state index contributed by atoms with van der Waals surface area (Å²) in [5.41, 5.74) is 0.477. The lowest BCUT2D eigenvalue weighted by Gasteiger charge is -2.11. The molecule has 19 heavy (non-hydrogen) atoms. The van der Waals surface area contributed by atoms with E-state index in [1.54, 1.807) is 24.3 Å². The summed E-state index contributed by atoms with van der Waals surface area (Å²) in [5, 5.41) is 8.93. The predicted octanol–water partition coefficient (Wildman–Crippen LogP) is 2.17. The van der Waals surface area contributed by atoms with Crippen LogP contribution in [0, 0.1) is 11.3 Å². The van der Waals surface area contributed by atoms with Crippen molar-refractivity contribution in [2.24, 2.45) is 0 Å². The highest BCUT2D eigenvalue weighted by Gasteiger charge is 2.13. The van der Waals surface area contributed by atoms with E-state index in [2.05, 4.69) is 4.74 Å². The van der Waals surface area contributed by atoms with Crippen LogP contribution in [-0.4, -0.2) is 26.8 Å². The molecule has 0 aromatic heterocycles. The van der Waals surface area contributed by atoms with Gasteiger partial charge in [-0.25, -0.2) is 4.79 Å². The van der Waals surface area contributed by atoms with Crippen LogP contribution in [0.4, 0.5) is 0 Å². The molecule has 1 rings (SSSR count). The topological polar surface area (TPSA) is 68.5 Å². The van der Waals surface area contributed by atoms with Crippen LogP contribution in [-0.2, 0) is 9.53 Å². The van der Waals surface area contributed by atoms with Crippen molar-refractivity contribution in [3.63, 3.8) is 0 Å². The van der Waals surface area contributed by atoms with Crippen LogP contribution in [0.3, 0.4) is 0 Å². The smallest absolute Gasteiger partial charge is 0.348 e. The molecule has 5 heteroatoms. The van der Waals surface area contributed by atoms with Crippen LogP contribution < -0.4 is 9.47 Å². The second kappa shape index (κ2) is 7.07. The van der Waals surface area contributed by atoms with E-state index in [9.17, 15) is 4.79 Å². The number of ether oxygens (including phenoxy) is 3. The molecule has 0 bridgehead atoms. The second-order valence-electron chi connectivity index (χ2n) is 3.47. The average Bonchev–Trinajstić information content (AvgIpc) is 2.44. The molecule has 0 aliphatic rings. The van der Waals surface area contributed by atoms with Gasteiger partial charge in [0.05, 0.1) is 20.8 Å². The van der Waals surface area contributed by atoms with Crippen LogP contribution in [0.25, 0.3) is 6.08 Å². The van der Waals surface area contributed by atoms with Crippen molar-refractivity contribution in [1.82, 2.24) is 0 Å². The number of carbonyl (C=O) groups excluding carboxylic acids is 1. The summed E-state index contributed by atoms with van der Waals surface area (Å²) >= 11 is 0. The fourth-order valence-corrected chi connectivity index (χ4v) is 1.54. The Hall–Kier alpha value is -2.48. The molecule has 0 radical (unpaired) electrons. The quantitative estimate of drug-likeness (QED) is 0.461. The lowest BCUT2D eigenvalue weighted by Crippen LogP contribution is -2.03. The standard InChI is InChI=1S/C14H15NO4/c1-4-19-12-7-5-6-10(13(12)17-2)8-11(9-15)14(16)18-3/h5-8H,4H2,1-3H3/b11-8+. The molecule has 0 unspecified atom stereocenters. The number of benzene rings is 1. The van der Waals surface area contributed by atoms with Crippen molar-refractivity contribution in [2.45, 2.75) is 6.92 Å². The van der Waals surface area contributed by atoms with Crippen LogP contribution in [0.15, 0.2) is 23.8 Å². The van der Waals surface area contributed by atoms with Gasteiger partial charge in [-0.15, -0.1) is 0 Å². The number of carbonyl (C=O) groups is 1. The Labute approximate surface area is 112 Å². The molecule has 0 aliphatic carbocycles. The zero-order valence-electron chi connectivity index (χ0n) is 11.1. The minimum atomic E-state index is -0.689. The Morgan fingerprint density at radius 2 is 2.16 bits per heavy atom. The molecule has 1 aromatic carbocycles. The van der Waals surface area contributed by atoms with Gasteiger partial charge in [0.1, 0.15) is 11.6 Å². The highest BCUT2D eigenvalue weighted by atomic mass is 16.5. The van der Waals surface area contributed by atoms with Crippen LogP contribution in [0.2, 0.25) is 0 Å². The molecular weight excluding hydrogens is 246 g/mol. The third kappa shape index (κ3) is 3.49. The maximum absolute atomic E-state index is 11.4. The molecule has 0 N–H and O–H groups in total. The van der Waals surface area contributed by atoms with Crippen molar-refractivity contribution in [2.75, 3.05) is 20.8 Å². The van der Waals surface area contributed by atoms with Crippen molar-refractivity contribution in [3.8, 4) is 17.6 Å². The first-order valence-electron chi connectivity index (χ1n) is 5.67. The van der Waals surface area contributed by atoms with Crippen molar-refractivity contribution in [3.05, 3.63) is 29.3 Å². The van der Waals surface area contributed by atoms with E-state index in [4.69, 9.17) is 14.7 Å². The predicted molar refractivity (Wildman–Crippen MR) is 69.8 cm³/mol. The van der Waals surface area contributed by atoms with E-state index >= 15 is 0 Å². The average molecular weight is 261 g/mol. The zero-order chi connectivity index (χ0) is 14.3. The van der Waals surface area contributed by atoms with Gasteiger partial charge in [-0.2, -0.15) is 5.26 Å². The van der Waals surface area contributed by atoms with E-state index in [1.165, 1.54) is 20.3 Å². The Balaban J connectivity index is 3.27. The number of methoxy groups -OCH3 is 2. The summed E-state index contributed by atoms with van der Waals surface area (Å²) in [6.07, 6.45) is 1.41. The molecule has 1 aromatic rings. The van der Waals surface area contributed by atoms with Gasteiger partial charge in [-0.3, -0.25) is 0 Å². The number of hydrogen-bond donors (Lipinski definition) is 0. The molecule has 0 amide bonds. The maximum Gasteiger partial charge on any atom is 0.348 e. The number of hydrogen-bond acceptors (Lipinski definition) is 5. The van der Waals surface area contributed by atoms with E-state index in [-0.39, 0.29) is 5.57 Å². The van der Waals surface area contributed by atoms with Gasteiger partial charge in [0.15, 0.2) is 11.5 Å². The molecule has 0 saturated heterocycles. The van der Waals surface area contributed by atoms with Crippen molar-refractivity contribution >= 4 is 12.0 Å². The van der Waals surface area contributed by atoms with Gasteiger partial charge in [0.25, 0.3) is 0 Å². The minimum Gasteiger partial charge on any atom is -0.492 e. The number of nitrogens with zero attached hydrogens (tertiary/aromatic N) is 1. The summed E-state index contributed by atoms with van der Waals surface area (Å²) in [6, 6.07) is 7.03. The summed E-state index contributed by atoms with van der Waals surface area (Å²) < 4.78 is 15.2. The van der Waals surface area contributed by atoms with Crippen LogP contribution in [0.5, 0.6) is 11.5 Å². The summed E-state index contributed by atoms with van der Waals surface area (Å²) in [4.78, 5) is 11.4. The summed E-state index contributed by atoms with van der Waals surface area (Å²) in [6.45, 7) is 2.35. The molecule has 0 spiro atoms. The van der Waals surface area contributed by atoms with Gasteiger partial charge in [0.2, 0.25) is 0 Å². The normalized spacial score (nSPS) is 10.5. The third-order valence-electron chi connectivity index (χ3n) is 2.34. The first-order valence-corrected chi connectivity index (χ1v) is 5.67. The van der Waals surface area contributed by atoms with Crippen molar-refractivity contribution < 1.29 is 19.0 Å². The molecule has 0 aliphatic heterocycles. The fourth-order valence-electron chi connectivity index (χ4n) is 1.54. The molecule has 0 saturated carbocycles. The first kappa shape index (κ1) is 14.6. The van der Waals surface area contributed by atoms with Crippen LogP contribution >= 0.6 is 0 Å². The molecular formula is C14H15NO4. The van der Waals surface area contributed by atoms with E-state index in [0.717, 1.165) is 0 Å². The minimum absolute atomic E-state index is 0.102. The van der Waals surface area contributed by atoms with Crippen LogP contribution in [0.1, 0.15) is 12.5 Å². The van der Waals surface area contributed by atoms with E-state index < -0.39 is 5.97 Å². The summed E-state index contributed by atoms with van der Waals surface area (Å²) in [5.74, 6) is 0.341. The molecule has 0 fully saturated rings. The number of esters is 1. The van der Waals surface area contributed by atoms with Gasteiger partial charge in [-0.05, 0) is 19.1 Å². The van der Waals surface area contributed by atoms with Gasteiger partial charge >= 0.3 is 5.97 Å². The lowest BCUT2D eigenvalue weighted by atomic mass is 10.1. The zero-order valence-corrected chi connectivity index (χ0v) is 11.1. The highest BCUT2D eigenvalue weighted by molar-refractivity contribution is 5.98. The largest absolute Gasteiger partial charge is 0.492 e. The lowest BCUT2D eigenvalue weighted by molar-refractivity contribution is -0.135. The van der Waals surface area contributed by atoms with Gasteiger partial charge < -0.3 is 14.2 Å². The van der Waals surface area contributed by atoms with Crippen molar-refractivity contribution in [1.29, 1.82) is 5.26 Å². The van der Waals surface area contributed by atoms with Gasteiger partial charge in [-0.1, -0.05) is 12.1 Å². The highest BCUT2D eigenvalue weighted by Crippen LogP contribution is 2.32.